The molecule has 0 heterocycles. The second-order valence-corrected chi connectivity index (χ2v) is 3.66. The molecule has 0 spiro atoms. The third-order valence-electron chi connectivity index (χ3n) is 2.20. The highest BCUT2D eigenvalue weighted by Gasteiger charge is 1.95. The van der Waals surface area contributed by atoms with Gasteiger partial charge in [0, 0.05) is 6.42 Å². The van der Waals surface area contributed by atoms with Crippen molar-refractivity contribution in [3.63, 3.8) is 0 Å². The van der Waals surface area contributed by atoms with Crippen LogP contribution in [0.25, 0.3) is 0 Å². The smallest absolute Gasteiger partial charge is 0.303 e. The molecule has 0 saturated carbocycles. The lowest BCUT2D eigenvalue weighted by atomic mass is 10.1. The van der Waals surface area contributed by atoms with E-state index in [9.17, 15) is 4.79 Å². The van der Waals surface area contributed by atoms with Crippen molar-refractivity contribution < 1.29 is 9.90 Å². The van der Waals surface area contributed by atoms with E-state index in [-0.39, 0.29) is 0 Å². The van der Waals surface area contributed by atoms with Crippen molar-refractivity contribution in [3.8, 4) is 0 Å². The van der Waals surface area contributed by atoms with Crippen LogP contribution in [0.4, 0.5) is 0 Å². The van der Waals surface area contributed by atoms with Crippen LogP contribution in [0, 0.1) is 0 Å². The quantitative estimate of drug-likeness (QED) is 0.534. The Hall–Kier alpha value is -0.570. The maximum atomic E-state index is 10.2. The molecule has 2 N–H and O–H groups in total. The fourth-order valence-electron chi connectivity index (χ4n) is 1.31. The van der Waals surface area contributed by atoms with Crippen LogP contribution in [0.3, 0.4) is 0 Å². The van der Waals surface area contributed by atoms with Crippen LogP contribution in [0.15, 0.2) is 0 Å². The van der Waals surface area contributed by atoms with Gasteiger partial charge in [-0.15, -0.1) is 0 Å². The van der Waals surface area contributed by atoms with Crippen LogP contribution in [0.5, 0.6) is 0 Å². The summed E-state index contributed by atoms with van der Waals surface area (Å²) in [4.78, 5) is 10.2. The molecule has 0 aliphatic rings. The normalized spacial score (nSPS) is 10.4. The summed E-state index contributed by atoms with van der Waals surface area (Å²) in [6, 6.07) is 0. The van der Waals surface area contributed by atoms with Crippen molar-refractivity contribution in [2.75, 3.05) is 13.1 Å². The summed E-state index contributed by atoms with van der Waals surface area (Å²) in [5.74, 6) is -0.675. The minimum atomic E-state index is -0.675. The molecule has 0 aromatic carbocycles. The van der Waals surface area contributed by atoms with Crippen molar-refractivity contribution in [1.29, 1.82) is 0 Å². The van der Waals surface area contributed by atoms with Crippen LogP contribution in [0.2, 0.25) is 0 Å². The van der Waals surface area contributed by atoms with Crippen LogP contribution in [-0.2, 0) is 4.79 Å². The summed E-state index contributed by atoms with van der Waals surface area (Å²) >= 11 is 0. The van der Waals surface area contributed by atoms with Crippen molar-refractivity contribution in [1.82, 2.24) is 5.32 Å². The van der Waals surface area contributed by atoms with Gasteiger partial charge in [0.05, 0.1) is 0 Å². The number of rotatable bonds is 10. The first-order chi connectivity index (χ1) is 6.77. The number of carbonyl (C=O) groups is 1. The van der Waals surface area contributed by atoms with Gasteiger partial charge in [-0.25, -0.2) is 0 Å². The third-order valence-corrected chi connectivity index (χ3v) is 2.20. The van der Waals surface area contributed by atoms with E-state index >= 15 is 0 Å². The molecule has 0 aromatic heterocycles. The van der Waals surface area contributed by atoms with E-state index in [1.165, 1.54) is 19.3 Å². The average Bonchev–Trinajstić information content (AvgIpc) is 2.15. The SMILES string of the molecule is CCCCNCCCCCCC(=O)O. The Bertz CT molecular complexity index is 137. The molecular weight excluding hydrogens is 178 g/mol. The van der Waals surface area contributed by atoms with E-state index in [4.69, 9.17) is 5.11 Å². The maximum absolute atomic E-state index is 10.2. The Labute approximate surface area is 86.9 Å². The van der Waals surface area contributed by atoms with Crippen LogP contribution in [-0.4, -0.2) is 24.2 Å². The molecule has 0 rings (SSSR count). The monoisotopic (exact) mass is 201 g/mol. The van der Waals surface area contributed by atoms with Crippen molar-refractivity contribution >= 4 is 5.97 Å². The van der Waals surface area contributed by atoms with Crippen LogP contribution < -0.4 is 5.32 Å². The highest BCUT2D eigenvalue weighted by Crippen LogP contribution is 2.02. The highest BCUT2D eigenvalue weighted by atomic mass is 16.4. The van der Waals surface area contributed by atoms with Crippen molar-refractivity contribution in [2.24, 2.45) is 0 Å². The molecule has 0 fully saturated rings. The van der Waals surface area contributed by atoms with Gasteiger partial charge in [0.25, 0.3) is 0 Å². The molecule has 0 unspecified atom stereocenters. The molecule has 0 aromatic rings. The third kappa shape index (κ3) is 11.4. The van der Waals surface area contributed by atoms with Gasteiger partial charge >= 0.3 is 5.97 Å². The van der Waals surface area contributed by atoms with Crippen molar-refractivity contribution in [2.45, 2.75) is 51.9 Å². The Morgan fingerprint density at radius 2 is 1.71 bits per heavy atom. The standard InChI is InChI=1S/C11H23NO2/c1-2-3-9-12-10-7-5-4-6-8-11(13)14/h12H,2-10H2,1H3,(H,13,14). The van der Waals surface area contributed by atoms with E-state index in [0.29, 0.717) is 6.42 Å². The Kier molecular flexibility index (Phi) is 10.1. The highest BCUT2D eigenvalue weighted by molar-refractivity contribution is 5.66. The summed E-state index contributed by atoms with van der Waals surface area (Å²) in [5, 5.41) is 11.8. The van der Waals surface area contributed by atoms with Gasteiger partial charge in [0.2, 0.25) is 0 Å². The van der Waals surface area contributed by atoms with Gasteiger partial charge in [-0.1, -0.05) is 26.2 Å². The van der Waals surface area contributed by atoms with E-state index in [1.807, 2.05) is 0 Å². The zero-order valence-electron chi connectivity index (χ0n) is 9.22. The predicted octanol–water partition coefficient (Wildman–Crippen LogP) is 2.41. The van der Waals surface area contributed by atoms with E-state index in [1.54, 1.807) is 0 Å². The molecule has 3 nitrogen and oxygen atoms in total. The van der Waals surface area contributed by atoms with Gasteiger partial charge < -0.3 is 10.4 Å². The van der Waals surface area contributed by atoms with Crippen molar-refractivity contribution in [3.05, 3.63) is 0 Å². The molecular formula is C11H23NO2. The molecule has 3 heteroatoms. The topological polar surface area (TPSA) is 49.3 Å². The van der Waals surface area contributed by atoms with E-state index in [2.05, 4.69) is 12.2 Å². The first-order valence-corrected chi connectivity index (χ1v) is 5.70. The molecule has 14 heavy (non-hydrogen) atoms. The van der Waals surface area contributed by atoms with E-state index in [0.717, 1.165) is 32.4 Å². The number of unbranched alkanes of at least 4 members (excludes halogenated alkanes) is 4. The largest absolute Gasteiger partial charge is 0.481 e. The molecule has 0 bridgehead atoms. The van der Waals surface area contributed by atoms with Crippen LogP contribution >= 0.6 is 0 Å². The Balaban J connectivity index is 2.88. The summed E-state index contributed by atoms with van der Waals surface area (Å²) in [6.07, 6.45) is 7.00. The number of carboxylic acids is 1. The maximum Gasteiger partial charge on any atom is 0.303 e. The fraction of sp³-hybridized carbons (Fsp3) is 0.909. The van der Waals surface area contributed by atoms with Gasteiger partial charge in [-0.05, 0) is 32.4 Å². The van der Waals surface area contributed by atoms with Gasteiger partial charge in [-0.3, -0.25) is 4.79 Å². The zero-order valence-corrected chi connectivity index (χ0v) is 9.22. The lowest BCUT2D eigenvalue weighted by molar-refractivity contribution is -0.137. The molecule has 0 saturated heterocycles. The molecule has 0 radical (unpaired) electrons. The summed E-state index contributed by atoms with van der Waals surface area (Å²) in [6.45, 7) is 4.38. The number of hydrogen-bond donors (Lipinski definition) is 2. The molecule has 0 atom stereocenters. The number of nitrogens with one attached hydrogen (secondary N) is 1. The average molecular weight is 201 g/mol. The minimum Gasteiger partial charge on any atom is -0.481 e. The number of aliphatic carboxylic acids is 1. The number of hydrogen-bond acceptors (Lipinski definition) is 2. The summed E-state index contributed by atoms with van der Waals surface area (Å²) in [5.41, 5.74) is 0. The van der Waals surface area contributed by atoms with Gasteiger partial charge in [-0.2, -0.15) is 0 Å². The lowest BCUT2D eigenvalue weighted by Crippen LogP contribution is -2.16. The molecule has 0 amide bonds. The minimum absolute atomic E-state index is 0.323. The Morgan fingerprint density at radius 1 is 1.07 bits per heavy atom. The predicted molar refractivity (Wildman–Crippen MR) is 58.5 cm³/mol. The first kappa shape index (κ1) is 13.4. The zero-order chi connectivity index (χ0) is 10.6. The van der Waals surface area contributed by atoms with Gasteiger partial charge in [0.1, 0.15) is 0 Å². The Morgan fingerprint density at radius 3 is 2.36 bits per heavy atom. The van der Waals surface area contributed by atoms with Gasteiger partial charge in [0.15, 0.2) is 0 Å². The fourth-order valence-corrected chi connectivity index (χ4v) is 1.31. The van der Waals surface area contributed by atoms with Crippen LogP contribution in [0.1, 0.15) is 51.9 Å². The molecule has 0 aliphatic carbocycles. The summed E-state index contributed by atoms with van der Waals surface area (Å²) < 4.78 is 0. The first-order valence-electron chi connectivity index (χ1n) is 5.70. The second-order valence-electron chi connectivity index (χ2n) is 3.66. The molecule has 0 aliphatic heterocycles. The lowest BCUT2D eigenvalue weighted by Gasteiger charge is -2.02. The molecule has 84 valence electrons. The number of carboxylic acid groups (broad SMARTS) is 1. The summed E-state index contributed by atoms with van der Waals surface area (Å²) in [7, 11) is 0. The van der Waals surface area contributed by atoms with E-state index < -0.39 is 5.97 Å². The second kappa shape index (κ2) is 10.5.